The Balaban J connectivity index is 2.03. The fraction of sp³-hybridized carbons (Fsp3) is 0.933. The van der Waals surface area contributed by atoms with E-state index in [0.717, 1.165) is 25.9 Å². The second-order valence-corrected chi connectivity index (χ2v) is 6.82. The summed E-state index contributed by atoms with van der Waals surface area (Å²) >= 11 is 0. The van der Waals surface area contributed by atoms with E-state index >= 15 is 0 Å². The molecule has 110 valence electrons. The molecule has 2 rings (SSSR count). The summed E-state index contributed by atoms with van der Waals surface area (Å²) in [4.78, 5) is 11.4. The Morgan fingerprint density at radius 3 is 2.42 bits per heavy atom. The predicted molar refractivity (Wildman–Crippen MR) is 74.0 cm³/mol. The van der Waals surface area contributed by atoms with Crippen molar-refractivity contribution >= 4 is 5.97 Å². The summed E-state index contributed by atoms with van der Waals surface area (Å²) in [6, 6.07) is 0.823. The van der Waals surface area contributed by atoms with Crippen molar-refractivity contribution in [2.24, 2.45) is 17.3 Å². The molecule has 0 bridgehead atoms. The van der Waals surface area contributed by atoms with E-state index in [2.05, 4.69) is 33.0 Å². The summed E-state index contributed by atoms with van der Waals surface area (Å²) in [5.74, 6) is -0.513. The lowest BCUT2D eigenvalue weighted by atomic mass is 9.61. The van der Waals surface area contributed by atoms with Gasteiger partial charge in [-0.2, -0.15) is 0 Å². The molecule has 4 heteroatoms. The zero-order chi connectivity index (χ0) is 14.2. The lowest BCUT2D eigenvalue weighted by Gasteiger charge is -2.47. The van der Waals surface area contributed by atoms with Gasteiger partial charge in [-0.15, -0.1) is 0 Å². The number of hydrogen-bond donors (Lipinski definition) is 2. The van der Waals surface area contributed by atoms with Crippen LogP contribution >= 0.6 is 0 Å². The molecule has 5 unspecified atom stereocenters. The van der Waals surface area contributed by atoms with Gasteiger partial charge in [0.1, 0.15) is 0 Å². The molecule has 0 aromatic carbocycles. The monoisotopic (exact) mass is 269 g/mol. The molecule has 0 radical (unpaired) electrons. The number of carbonyl (C=O) groups is 1. The Morgan fingerprint density at radius 2 is 1.89 bits per heavy atom. The van der Waals surface area contributed by atoms with E-state index in [1.807, 2.05) is 0 Å². The molecule has 1 aliphatic carbocycles. The Hall–Kier alpha value is -0.610. The quantitative estimate of drug-likeness (QED) is 0.825. The third kappa shape index (κ3) is 2.79. The van der Waals surface area contributed by atoms with Crippen molar-refractivity contribution < 1.29 is 14.6 Å². The van der Waals surface area contributed by atoms with E-state index in [9.17, 15) is 9.90 Å². The predicted octanol–water partition coefficient (Wildman–Crippen LogP) is 2.28. The number of carboxylic acids is 1. The van der Waals surface area contributed by atoms with Gasteiger partial charge in [0, 0.05) is 18.7 Å². The Morgan fingerprint density at radius 1 is 1.21 bits per heavy atom. The lowest BCUT2D eigenvalue weighted by molar-refractivity contribution is -0.150. The number of hydrogen-bond acceptors (Lipinski definition) is 3. The van der Waals surface area contributed by atoms with Crippen LogP contribution in [0.4, 0.5) is 0 Å². The molecule has 4 nitrogen and oxygen atoms in total. The van der Waals surface area contributed by atoms with Gasteiger partial charge < -0.3 is 15.2 Å². The van der Waals surface area contributed by atoms with E-state index in [1.165, 1.54) is 0 Å². The number of aliphatic carboxylic acids is 1. The summed E-state index contributed by atoms with van der Waals surface area (Å²) in [6.07, 6.45) is 3.05. The van der Waals surface area contributed by atoms with Crippen molar-refractivity contribution in [3.63, 3.8) is 0 Å². The van der Waals surface area contributed by atoms with Crippen molar-refractivity contribution in [2.75, 3.05) is 6.61 Å². The molecule has 2 fully saturated rings. The van der Waals surface area contributed by atoms with Gasteiger partial charge in [0.2, 0.25) is 0 Å². The summed E-state index contributed by atoms with van der Waals surface area (Å²) < 4.78 is 5.60. The highest BCUT2D eigenvalue weighted by Crippen LogP contribution is 2.45. The maximum absolute atomic E-state index is 11.4. The number of rotatable bonds is 3. The van der Waals surface area contributed by atoms with Crippen LogP contribution in [0.3, 0.4) is 0 Å². The van der Waals surface area contributed by atoms with Crippen LogP contribution in [0.1, 0.15) is 47.0 Å². The number of nitrogens with one attached hydrogen (secondary N) is 1. The minimum atomic E-state index is -0.645. The van der Waals surface area contributed by atoms with Crippen LogP contribution in [0, 0.1) is 17.3 Å². The minimum Gasteiger partial charge on any atom is -0.481 e. The highest BCUT2D eigenvalue weighted by Gasteiger charge is 2.46. The third-order valence-corrected chi connectivity index (χ3v) is 5.54. The second kappa shape index (κ2) is 5.41. The second-order valence-electron chi connectivity index (χ2n) is 6.82. The van der Waals surface area contributed by atoms with Gasteiger partial charge in [-0.1, -0.05) is 20.8 Å². The van der Waals surface area contributed by atoms with Gasteiger partial charge >= 0.3 is 5.97 Å². The molecule has 0 aromatic heterocycles. The summed E-state index contributed by atoms with van der Waals surface area (Å²) in [5.41, 5.74) is -0.162. The molecule has 0 aromatic rings. The smallest absolute Gasteiger partial charge is 0.307 e. The lowest BCUT2D eigenvalue weighted by Crippen LogP contribution is -2.54. The van der Waals surface area contributed by atoms with Crippen LogP contribution in [0.25, 0.3) is 0 Å². The summed E-state index contributed by atoms with van der Waals surface area (Å²) in [7, 11) is 0. The first kappa shape index (κ1) is 14.8. The fourth-order valence-electron chi connectivity index (χ4n) is 3.70. The Kier molecular flexibility index (Phi) is 4.21. The molecule has 0 amide bonds. The van der Waals surface area contributed by atoms with E-state index < -0.39 is 5.97 Å². The van der Waals surface area contributed by atoms with Crippen molar-refractivity contribution in [3.8, 4) is 0 Å². The average Bonchev–Trinajstić information content (AvgIpc) is 2.70. The molecule has 5 atom stereocenters. The Bertz CT molecular complexity index is 342. The summed E-state index contributed by atoms with van der Waals surface area (Å²) in [5, 5.41) is 13.1. The van der Waals surface area contributed by atoms with Crippen molar-refractivity contribution in [1.29, 1.82) is 0 Å². The maximum atomic E-state index is 11.4. The highest BCUT2D eigenvalue weighted by atomic mass is 16.5. The highest BCUT2D eigenvalue weighted by molar-refractivity contribution is 5.71. The molecular weight excluding hydrogens is 242 g/mol. The molecular formula is C15H27NO3. The van der Waals surface area contributed by atoms with Crippen LogP contribution in [-0.4, -0.2) is 35.9 Å². The summed E-state index contributed by atoms with van der Waals surface area (Å²) in [6.45, 7) is 9.33. The fourth-order valence-corrected chi connectivity index (χ4v) is 3.70. The largest absolute Gasteiger partial charge is 0.481 e. The van der Waals surface area contributed by atoms with Gasteiger partial charge in [0.15, 0.2) is 0 Å². The van der Waals surface area contributed by atoms with Gasteiger partial charge in [0.25, 0.3) is 0 Å². The third-order valence-electron chi connectivity index (χ3n) is 5.54. The molecule has 1 heterocycles. The van der Waals surface area contributed by atoms with E-state index in [0.29, 0.717) is 18.0 Å². The van der Waals surface area contributed by atoms with Gasteiger partial charge in [-0.3, -0.25) is 4.79 Å². The number of ether oxygens (including phenoxy) is 1. The van der Waals surface area contributed by atoms with Crippen LogP contribution < -0.4 is 5.32 Å². The molecule has 1 aliphatic heterocycles. The SMILES string of the molecule is CC1OCCC1NC1CCC(C(=O)O)C(C)(C)C1C. The first-order valence-corrected chi connectivity index (χ1v) is 7.44. The van der Waals surface area contributed by atoms with Crippen LogP contribution in [-0.2, 0) is 9.53 Å². The van der Waals surface area contributed by atoms with Crippen LogP contribution in [0.5, 0.6) is 0 Å². The minimum absolute atomic E-state index is 0.162. The maximum Gasteiger partial charge on any atom is 0.307 e. The average molecular weight is 269 g/mol. The van der Waals surface area contributed by atoms with Crippen molar-refractivity contribution in [2.45, 2.75) is 65.1 Å². The zero-order valence-electron chi connectivity index (χ0n) is 12.5. The molecule has 1 saturated heterocycles. The van der Waals surface area contributed by atoms with E-state index in [4.69, 9.17) is 4.74 Å². The zero-order valence-corrected chi connectivity index (χ0v) is 12.5. The van der Waals surface area contributed by atoms with Crippen LogP contribution in [0.15, 0.2) is 0 Å². The van der Waals surface area contributed by atoms with Gasteiger partial charge in [-0.05, 0) is 37.5 Å². The first-order chi connectivity index (χ1) is 8.84. The van der Waals surface area contributed by atoms with E-state index in [1.54, 1.807) is 0 Å². The standard InChI is InChI=1S/C15H27NO3/c1-9-12(16-13-7-8-19-10(13)2)6-5-11(14(17)18)15(9,3)4/h9-13,16H,5-8H2,1-4H3,(H,17,18). The normalized spacial score (nSPS) is 42.2. The molecule has 2 aliphatic rings. The van der Waals surface area contributed by atoms with Crippen molar-refractivity contribution in [3.05, 3.63) is 0 Å². The molecule has 2 N–H and O–H groups in total. The van der Waals surface area contributed by atoms with Crippen LogP contribution in [0.2, 0.25) is 0 Å². The van der Waals surface area contributed by atoms with Gasteiger partial charge in [0.05, 0.1) is 12.0 Å². The van der Waals surface area contributed by atoms with Crippen molar-refractivity contribution in [1.82, 2.24) is 5.32 Å². The Labute approximate surface area is 115 Å². The van der Waals surface area contributed by atoms with Gasteiger partial charge in [-0.25, -0.2) is 0 Å². The first-order valence-electron chi connectivity index (χ1n) is 7.44. The molecule has 19 heavy (non-hydrogen) atoms. The topological polar surface area (TPSA) is 58.6 Å². The van der Waals surface area contributed by atoms with E-state index in [-0.39, 0.29) is 17.4 Å². The molecule has 0 spiro atoms. The molecule has 1 saturated carbocycles. The number of carboxylic acid groups (broad SMARTS) is 1.